The molecule has 46 heavy (non-hydrogen) atoms. The van der Waals surface area contributed by atoms with Crippen LogP contribution in [0.1, 0.15) is 42.9 Å². The molecule has 0 amide bonds. The van der Waals surface area contributed by atoms with Crippen molar-refractivity contribution < 1.29 is 33.3 Å². The second kappa shape index (κ2) is 13.3. The summed E-state index contributed by atoms with van der Waals surface area (Å²) in [6.45, 7) is -0.385. The van der Waals surface area contributed by atoms with Gasteiger partial charge in [0.05, 0.1) is 28.3 Å². The lowest BCUT2D eigenvalue weighted by molar-refractivity contribution is -0.0632. The zero-order valence-corrected chi connectivity index (χ0v) is 24.2. The first-order valence-electron chi connectivity index (χ1n) is 14.4. The van der Waals surface area contributed by atoms with E-state index in [0.29, 0.717) is 16.5 Å². The van der Waals surface area contributed by atoms with E-state index in [2.05, 4.69) is 0 Å². The number of benzene rings is 4. The van der Waals surface area contributed by atoms with Crippen molar-refractivity contribution in [3.05, 3.63) is 154 Å². The summed E-state index contributed by atoms with van der Waals surface area (Å²) < 4.78 is 25.0. The lowest BCUT2D eigenvalue weighted by Crippen LogP contribution is -2.42. The average Bonchev–Trinajstić information content (AvgIpc) is 3.43. The van der Waals surface area contributed by atoms with E-state index >= 15 is 0 Å². The second-order valence-electron chi connectivity index (χ2n) is 10.4. The van der Waals surface area contributed by atoms with Crippen LogP contribution in [0.4, 0.5) is 0 Å². The number of hydrogen-bond donors (Lipinski definition) is 0. The summed E-state index contributed by atoms with van der Waals surface area (Å²) in [7, 11) is 0. The minimum absolute atomic E-state index is 0.225. The number of carbonyl (C=O) groups excluding carboxylic acids is 3. The van der Waals surface area contributed by atoms with Crippen LogP contribution in [0.3, 0.4) is 0 Å². The number of fused-ring (bicyclic) bond motifs is 1. The van der Waals surface area contributed by atoms with E-state index in [9.17, 15) is 24.4 Å². The maximum absolute atomic E-state index is 13.8. The Morgan fingerprint density at radius 3 is 1.83 bits per heavy atom. The van der Waals surface area contributed by atoms with Crippen LogP contribution in [-0.4, -0.2) is 47.4 Å². The number of esters is 3. The molecule has 2 heterocycles. The lowest BCUT2D eigenvalue weighted by atomic mass is 10.1. The Bertz CT molecular complexity index is 1990. The van der Waals surface area contributed by atoms with Gasteiger partial charge in [-0.05, 0) is 66.0 Å². The molecule has 0 N–H and O–H groups in total. The molecule has 0 bridgehead atoms. The molecule has 0 aliphatic carbocycles. The van der Waals surface area contributed by atoms with Crippen molar-refractivity contribution in [1.29, 1.82) is 5.26 Å². The normalized spacial score (nSPS) is 18.8. The molecule has 0 saturated carbocycles. The third-order valence-electron chi connectivity index (χ3n) is 7.51. The fourth-order valence-corrected chi connectivity index (χ4v) is 5.21. The second-order valence-corrected chi connectivity index (χ2v) is 10.4. The molecule has 6 rings (SSSR count). The molecule has 1 aliphatic heterocycles. The predicted molar refractivity (Wildman–Crippen MR) is 165 cm³/mol. The molecule has 5 aromatic rings. The molecule has 4 atom stereocenters. The molecule has 1 saturated heterocycles. The van der Waals surface area contributed by atoms with Gasteiger partial charge in [-0.3, -0.25) is 9.36 Å². The van der Waals surface area contributed by atoms with Crippen molar-refractivity contribution in [2.45, 2.75) is 24.5 Å². The fraction of sp³-hybridized carbons (Fsp3) is 0.139. The number of carbonyl (C=O) groups is 3. The molecule has 10 nitrogen and oxygen atoms in total. The third-order valence-corrected chi connectivity index (χ3v) is 7.51. The van der Waals surface area contributed by atoms with Gasteiger partial charge >= 0.3 is 17.9 Å². The first-order chi connectivity index (χ1) is 22.4. The Hall–Kier alpha value is -6.05. The van der Waals surface area contributed by atoms with Crippen molar-refractivity contribution in [3.8, 4) is 6.07 Å². The van der Waals surface area contributed by atoms with E-state index in [-0.39, 0.29) is 23.1 Å². The Balaban J connectivity index is 1.40. The molecular weight excluding hydrogens is 588 g/mol. The highest BCUT2D eigenvalue weighted by molar-refractivity contribution is 5.91. The minimum atomic E-state index is -1.34. The van der Waals surface area contributed by atoms with Crippen molar-refractivity contribution in [2.24, 2.45) is 0 Å². The zero-order valence-electron chi connectivity index (χ0n) is 24.2. The Kier molecular flexibility index (Phi) is 8.67. The van der Waals surface area contributed by atoms with E-state index in [1.54, 1.807) is 103 Å². The topological polar surface area (TPSA) is 134 Å². The third kappa shape index (κ3) is 6.26. The summed E-state index contributed by atoms with van der Waals surface area (Å²) in [5, 5.41) is 10.1. The molecule has 1 aromatic heterocycles. The van der Waals surface area contributed by atoms with Crippen molar-refractivity contribution in [3.63, 3.8) is 0 Å². The van der Waals surface area contributed by atoms with E-state index in [1.807, 2.05) is 6.07 Å². The smallest absolute Gasteiger partial charge is 0.338 e. The molecule has 228 valence electrons. The maximum atomic E-state index is 13.8. The summed E-state index contributed by atoms with van der Waals surface area (Å²) in [4.78, 5) is 53.4. The standard InChI is InChI=1S/C36H26N2O8/c37-21-23-16-17-28-27(20-23)18-19-38(32(28)39)33-31(46-36(42)26-14-8-3-9-15-26)30(45-35(41)25-12-6-2-7-13-25)29(44-33)22-43-34(40)24-10-4-1-5-11-24/h1-20,29-31,33H,22H2/t29-,30+,31-,33-/m1/s1. The number of aromatic nitrogens is 1. The van der Waals surface area contributed by atoms with Gasteiger partial charge in [-0.1, -0.05) is 54.6 Å². The van der Waals surface area contributed by atoms with Gasteiger partial charge in [0.2, 0.25) is 0 Å². The first-order valence-corrected chi connectivity index (χ1v) is 14.4. The van der Waals surface area contributed by atoms with Gasteiger partial charge in [0.15, 0.2) is 18.4 Å². The Morgan fingerprint density at radius 1 is 0.717 bits per heavy atom. The van der Waals surface area contributed by atoms with Crippen LogP contribution in [0.15, 0.2) is 126 Å². The van der Waals surface area contributed by atoms with Crippen LogP contribution in [0.2, 0.25) is 0 Å². The van der Waals surface area contributed by atoms with E-state index in [1.165, 1.54) is 22.9 Å². The van der Waals surface area contributed by atoms with Gasteiger partial charge in [-0.15, -0.1) is 0 Å². The largest absolute Gasteiger partial charge is 0.459 e. The van der Waals surface area contributed by atoms with Gasteiger partial charge in [0, 0.05) is 11.6 Å². The van der Waals surface area contributed by atoms with E-state index in [4.69, 9.17) is 18.9 Å². The molecule has 1 fully saturated rings. The fourth-order valence-electron chi connectivity index (χ4n) is 5.21. The van der Waals surface area contributed by atoms with Crippen LogP contribution in [0.5, 0.6) is 0 Å². The number of nitrogens with zero attached hydrogens (tertiary/aromatic N) is 2. The summed E-state index contributed by atoms with van der Waals surface area (Å²) >= 11 is 0. The van der Waals surface area contributed by atoms with Crippen LogP contribution in [-0.2, 0) is 18.9 Å². The van der Waals surface area contributed by atoms with Crippen LogP contribution in [0.25, 0.3) is 10.8 Å². The summed E-state index contributed by atoms with van der Waals surface area (Å²) in [5.74, 6) is -2.12. The van der Waals surface area contributed by atoms with Crippen LogP contribution >= 0.6 is 0 Å². The number of nitriles is 1. The Labute approximate surface area is 262 Å². The van der Waals surface area contributed by atoms with Gasteiger partial charge < -0.3 is 18.9 Å². The lowest BCUT2D eigenvalue weighted by Gasteiger charge is -2.25. The van der Waals surface area contributed by atoms with Gasteiger partial charge in [-0.2, -0.15) is 5.26 Å². The molecule has 0 unspecified atom stereocenters. The molecule has 1 aliphatic rings. The molecule has 4 aromatic carbocycles. The molecule has 0 spiro atoms. The van der Waals surface area contributed by atoms with E-state index in [0.717, 1.165) is 0 Å². The summed E-state index contributed by atoms with van der Waals surface area (Å²) in [6, 6.07) is 33.0. The quantitative estimate of drug-likeness (QED) is 0.173. The first kappa shape index (κ1) is 30.0. The number of pyridine rings is 1. The SMILES string of the molecule is N#Cc1ccc2c(=O)n([C@@H]3O[C@H](COC(=O)c4ccccc4)[C@H](OC(=O)c4ccccc4)[C@H]3OC(=O)c3ccccc3)ccc2c1. The number of hydrogen-bond acceptors (Lipinski definition) is 9. The van der Waals surface area contributed by atoms with Gasteiger partial charge in [0.25, 0.3) is 5.56 Å². The zero-order chi connectivity index (χ0) is 32.0. The summed E-state index contributed by atoms with van der Waals surface area (Å²) in [5.41, 5.74) is 0.635. The van der Waals surface area contributed by atoms with Crippen molar-refractivity contribution >= 4 is 28.7 Å². The minimum Gasteiger partial charge on any atom is -0.459 e. The van der Waals surface area contributed by atoms with Crippen molar-refractivity contribution in [2.75, 3.05) is 6.61 Å². The average molecular weight is 615 g/mol. The highest BCUT2D eigenvalue weighted by atomic mass is 16.7. The number of ether oxygens (including phenoxy) is 4. The molecule has 10 heteroatoms. The van der Waals surface area contributed by atoms with Crippen molar-refractivity contribution in [1.82, 2.24) is 4.57 Å². The Morgan fingerprint density at radius 2 is 1.26 bits per heavy atom. The maximum Gasteiger partial charge on any atom is 0.338 e. The van der Waals surface area contributed by atoms with Gasteiger partial charge in [0.1, 0.15) is 12.7 Å². The monoisotopic (exact) mass is 614 g/mol. The van der Waals surface area contributed by atoms with E-state index < -0.39 is 48.0 Å². The highest BCUT2D eigenvalue weighted by Crippen LogP contribution is 2.35. The van der Waals surface area contributed by atoms with Gasteiger partial charge in [-0.25, -0.2) is 14.4 Å². The highest BCUT2D eigenvalue weighted by Gasteiger charge is 2.51. The summed E-state index contributed by atoms with van der Waals surface area (Å²) in [6.07, 6.45) is -3.60. The predicted octanol–water partition coefficient (Wildman–Crippen LogP) is 5.08. The van der Waals surface area contributed by atoms with Crippen LogP contribution < -0.4 is 5.56 Å². The van der Waals surface area contributed by atoms with Crippen LogP contribution in [0, 0.1) is 11.3 Å². The molecular formula is C36H26N2O8. The molecule has 0 radical (unpaired) electrons. The number of rotatable bonds is 8.